The van der Waals surface area contributed by atoms with Crippen LogP contribution < -0.4 is 0 Å². The van der Waals surface area contributed by atoms with Crippen molar-refractivity contribution in [3.8, 4) is 0 Å². The molecule has 0 unspecified atom stereocenters. The molecule has 0 saturated carbocycles. The normalized spacial score (nSPS) is 12.4. The number of hydrogen-bond donors (Lipinski definition) is 0. The highest BCUT2D eigenvalue weighted by Gasteiger charge is 2.23. The van der Waals surface area contributed by atoms with Crippen molar-refractivity contribution in [1.29, 1.82) is 0 Å². The fraction of sp³-hybridized carbons (Fsp3) is 0.316. The summed E-state index contributed by atoms with van der Waals surface area (Å²) in [5, 5.41) is 2.56. The van der Waals surface area contributed by atoms with Crippen LogP contribution in [0.2, 0.25) is 0 Å². The molecule has 21 heavy (non-hydrogen) atoms. The summed E-state index contributed by atoms with van der Waals surface area (Å²) in [5.74, 6) is 0. The molecule has 1 heterocycles. The van der Waals surface area contributed by atoms with Crippen LogP contribution in [0, 0.1) is 0 Å². The van der Waals surface area contributed by atoms with Crippen molar-refractivity contribution >= 4 is 21.8 Å². The first-order chi connectivity index (χ1) is 9.99. The van der Waals surface area contributed by atoms with E-state index in [4.69, 9.17) is 4.98 Å². The van der Waals surface area contributed by atoms with E-state index in [1.54, 1.807) is 0 Å². The molecule has 3 rings (SSSR count). The summed E-state index contributed by atoms with van der Waals surface area (Å²) in [6.45, 7) is 5.58. The van der Waals surface area contributed by atoms with E-state index < -0.39 is 0 Å². The molecule has 0 atom stereocenters. The second-order valence-electron chi connectivity index (χ2n) is 6.66. The third-order valence-electron chi connectivity index (χ3n) is 4.66. The van der Waals surface area contributed by atoms with Crippen LogP contribution in [0.3, 0.4) is 0 Å². The lowest BCUT2D eigenvalue weighted by atomic mass is 10.0. The third-order valence-corrected chi connectivity index (χ3v) is 4.66. The zero-order chi connectivity index (χ0) is 15.0. The van der Waals surface area contributed by atoms with E-state index in [0.717, 1.165) is 22.1 Å². The van der Waals surface area contributed by atoms with E-state index in [9.17, 15) is 0 Å². The predicted octanol–water partition coefficient (Wildman–Crippen LogP) is 4.37. The van der Waals surface area contributed by atoms with Gasteiger partial charge in [0.1, 0.15) is 6.54 Å². The lowest BCUT2D eigenvalue weighted by molar-refractivity contribution is -0.923. The summed E-state index contributed by atoms with van der Waals surface area (Å²) in [5.41, 5.74) is 3.60. The summed E-state index contributed by atoms with van der Waals surface area (Å²) in [7, 11) is 4.60. The SMILES string of the molecule is CC(C)[N+](C)(C)Cc1c2ccccc2nc2ccccc12. The highest BCUT2D eigenvalue weighted by atomic mass is 15.3. The topological polar surface area (TPSA) is 12.9 Å². The Balaban J connectivity index is 2.30. The Bertz CT molecular complexity index is 734. The Morgan fingerprint density at radius 1 is 0.857 bits per heavy atom. The van der Waals surface area contributed by atoms with Crippen molar-refractivity contribution in [3.63, 3.8) is 0 Å². The summed E-state index contributed by atoms with van der Waals surface area (Å²) in [4.78, 5) is 4.81. The van der Waals surface area contributed by atoms with Crippen LogP contribution in [0.5, 0.6) is 0 Å². The molecular weight excluding hydrogens is 256 g/mol. The number of fused-ring (bicyclic) bond motifs is 2. The molecule has 0 aliphatic rings. The summed E-state index contributed by atoms with van der Waals surface area (Å²) >= 11 is 0. The lowest BCUT2D eigenvalue weighted by Crippen LogP contribution is -2.44. The average Bonchev–Trinajstić information content (AvgIpc) is 2.46. The monoisotopic (exact) mass is 279 g/mol. The number of hydrogen-bond acceptors (Lipinski definition) is 1. The zero-order valence-corrected chi connectivity index (χ0v) is 13.3. The molecule has 0 fully saturated rings. The lowest BCUT2D eigenvalue weighted by Gasteiger charge is -2.35. The molecule has 0 amide bonds. The van der Waals surface area contributed by atoms with E-state index in [0.29, 0.717) is 6.04 Å². The van der Waals surface area contributed by atoms with Gasteiger partial charge < -0.3 is 4.48 Å². The molecule has 108 valence electrons. The summed E-state index contributed by atoms with van der Waals surface area (Å²) < 4.78 is 0.970. The van der Waals surface area contributed by atoms with Gasteiger partial charge >= 0.3 is 0 Å². The molecule has 2 aromatic carbocycles. The molecule has 0 radical (unpaired) electrons. The molecule has 0 spiro atoms. The molecule has 0 saturated heterocycles. The Labute approximate surface area is 126 Å². The standard InChI is InChI=1S/C19H23N2/c1-14(2)21(3,4)13-17-15-9-5-7-11-18(15)20-19-12-8-6-10-16(17)19/h5-12,14H,13H2,1-4H3/q+1. The van der Waals surface area contributed by atoms with Crippen molar-refractivity contribution in [2.45, 2.75) is 26.4 Å². The molecule has 0 aliphatic carbocycles. The Kier molecular flexibility index (Phi) is 3.42. The first-order valence-electron chi connectivity index (χ1n) is 7.58. The number of rotatable bonds is 3. The number of nitrogens with zero attached hydrogens (tertiary/aromatic N) is 2. The summed E-state index contributed by atoms with van der Waals surface area (Å²) in [6, 6.07) is 17.5. The van der Waals surface area contributed by atoms with Gasteiger partial charge in [0.25, 0.3) is 0 Å². The Morgan fingerprint density at radius 2 is 1.33 bits per heavy atom. The fourth-order valence-electron chi connectivity index (χ4n) is 2.69. The minimum Gasteiger partial charge on any atom is -0.323 e. The second-order valence-corrected chi connectivity index (χ2v) is 6.66. The Morgan fingerprint density at radius 3 is 1.81 bits per heavy atom. The third kappa shape index (κ3) is 2.52. The number of aromatic nitrogens is 1. The van der Waals surface area contributed by atoms with Gasteiger partial charge in [-0.05, 0) is 26.0 Å². The van der Waals surface area contributed by atoms with Gasteiger partial charge in [-0.2, -0.15) is 0 Å². The molecule has 3 aromatic rings. The van der Waals surface area contributed by atoms with Crippen LogP contribution in [0.15, 0.2) is 48.5 Å². The van der Waals surface area contributed by atoms with Crippen molar-refractivity contribution < 1.29 is 4.48 Å². The van der Waals surface area contributed by atoms with Crippen molar-refractivity contribution in [1.82, 2.24) is 4.98 Å². The van der Waals surface area contributed by atoms with Gasteiger partial charge in [-0.3, -0.25) is 0 Å². The van der Waals surface area contributed by atoms with Crippen LogP contribution in [-0.2, 0) is 6.54 Å². The van der Waals surface area contributed by atoms with Gasteiger partial charge in [0.15, 0.2) is 0 Å². The maximum atomic E-state index is 4.81. The van der Waals surface area contributed by atoms with Gasteiger partial charge in [-0.1, -0.05) is 36.4 Å². The number of benzene rings is 2. The number of quaternary nitrogens is 1. The first-order valence-corrected chi connectivity index (χ1v) is 7.58. The van der Waals surface area contributed by atoms with Gasteiger partial charge in [0, 0.05) is 16.3 Å². The maximum Gasteiger partial charge on any atom is 0.105 e. The van der Waals surface area contributed by atoms with Crippen molar-refractivity contribution in [3.05, 3.63) is 54.1 Å². The van der Waals surface area contributed by atoms with Gasteiger partial charge in [0.05, 0.1) is 31.2 Å². The van der Waals surface area contributed by atoms with Crippen molar-refractivity contribution in [2.24, 2.45) is 0 Å². The molecule has 0 aliphatic heterocycles. The van der Waals surface area contributed by atoms with Crippen molar-refractivity contribution in [2.75, 3.05) is 14.1 Å². The smallest absolute Gasteiger partial charge is 0.105 e. The minimum absolute atomic E-state index is 0.579. The zero-order valence-electron chi connectivity index (χ0n) is 13.3. The average molecular weight is 279 g/mol. The fourth-order valence-corrected chi connectivity index (χ4v) is 2.69. The minimum atomic E-state index is 0.579. The van der Waals surface area contributed by atoms with Crippen LogP contribution in [-0.4, -0.2) is 29.6 Å². The molecule has 0 N–H and O–H groups in total. The van der Waals surface area contributed by atoms with Gasteiger partial charge in [-0.25, -0.2) is 4.98 Å². The largest absolute Gasteiger partial charge is 0.323 e. The van der Waals surface area contributed by atoms with Crippen LogP contribution in [0.25, 0.3) is 21.8 Å². The molecule has 0 bridgehead atoms. The van der Waals surface area contributed by atoms with Gasteiger partial charge in [0.2, 0.25) is 0 Å². The van der Waals surface area contributed by atoms with E-state index >= 15 is 0 Å². The predicted molar refractivity (Wildman–Crippen MR) is 90.2 cm³/mol. The number of pyridine rings is 1. The maximum absolute atomic E-state index is 4.81. The first kappa shape index (κ1) is 14.0. The van der Waals surface area contributed by atoms with Gasteiger partial charge in [-0.15, -0.1) is 0 Å². The van der Waals surface area contributed by atoms with Crippen LogP contribution >= 0.6 is 0 Å². The Hall–Kier alpha value is -1.93. The molecule has 2 heteroatoms. The highest BCUT2D eigenvalue weighted by Crippen LogP contribution is 2.28. The molecule has 2 nitrogen and oxygen atoms in total. The van der Waals surface area contributed by atoms with E-state index in [1.807, 2.05) is 0 Å². The van der Waals surface area contributed by atoms with E-state index in [2.05, 4.69) is 76.5 Å². The van der Waals surface area contributed by atoms with Crippen LogP contribution in [0.1, 0.15) is 19.4 Å². The second kappa shape index (κ2) is 5.12. The van der Waals surface area contributed by atoms with Crippen LogP contribution in [0.4, 0.5) is 0 Å². The highest BCUT2D eigenvalue weighted by molar-refractivity contribution is 5.97. The van der Waals surface area contributed by atoms with E-state index in [1.165, 1.54) is 16.3 Å². The quantitative estimate of drug-likeness (QED) is 0.512. The number of para-hydroxylation sites is 2. The molecular formula is C19H23N2+. The molecule has 1 aromatic heterocycles. The summed E-state index contributed by atoms with van der Waals surface area (Å²) in [6.07, 6.45) is 0. The van der Waals surface area contributed by atoms with E-state index in [-0.39, 0.29) is 0 Å².